The van der Waals surface area contributed by atoms with Gasteiger partial charge in [0.2, 0.25) is 5.91 Å². The van der Waals surface area contributed by atoms with Crippen LogP contribution in [-0.4, -0.2) is 78.0 Å². The molecule has 0 aromatic carbocycles. The van der Waals surface area contributed by atoms with Crippen molar-refractivity contribution in [3.8, 4) is 0 Å². The highest BCUT2D eigenvalue weighted by atomic mass is 16.5. The number of aliphatic carboxylic acids is 1. The van der Waals surface area contributed by atoms with Crippen molar-refractivity contribution in [1.29, 1.82) is 0 Å². The van der Waals surface area contributed by atoms with E-state index >= 15 is 0 Å². The van der Waals surface area contributed by atoms with E-state index in [0.717, 1.165) is 0 Å². The third-order valence-electron chi connectivity index (χ3n) is 3.09. The Balaban J connectivity index is 2.60. The zero-order chi connectivity index (χ0) is 16.0. The molecule has 1 saturated heterocycles. The summed E-state index contributed by atoms with van der Waals surface area (Å²) in [6.07, 6.45) is -0.491. The van der Waals surface area contributed by atoms with Crippen LogP contribution in [0.3, 0.4) is 0 Å². The number of rotatable bonds is 5. The molecule has 9 nitrogen and oxygen atoms in total. The molecule has 3 amide bonds. The van der Waals surface area contributed by atoms with Crippen LogP contribution in [0.5, 0.6) is 0 Å². The van der Waals surface area contributed by atoms with Gasteiger partial charge in [0.25, 0.3) is 0 Å². The Kier molecular flexibility index (Phi) is 5.91. The van der Waals surface area contributed by atoms with Gasteiger partial charge in [0.05, 0.1) is 25.2 Å². The summed E-state index contributed by atoms with van der Waals surface area (Å²) >= 11 is 0. The first-order valence-electron chi connectivity index (χ1n) is 6.55. The molecule has 2 unspecified atom stereocenters. The van der Waals surface area contributed by atoms with Crippen molar-refractivity contribution in [2.45, 2.75) is 25.0 Å². The quantitative estimate of drug-likeness (QED) is 0.483. The second-order valence-electron chi connectivity index (χ2n) is 5.12. The highest BCUT2D eigenvalue weighted by molar-refractivity contribution is 5.87. The van der Waals surface area contributed by atoms with Crippen LogP contribution in [0.2, 0.25) is 0 Å². The summed E-state index contributed by atoms with van der Waals surface area (Å²) in [5, 5.41) is 23.4. The molecule has 0 aromatic rings. The van der Waals surface area contributed by atoms with E-state index in [0.29, 0.717) is 6.61 Å². The molecule has 1 aliphatic rings. The first kappa shape index (κ1) is 17.2. The van der Waals surface area contributed by atoms with Gasteiger partial charge in [-0.15, -0.1) is 0 Å². The largest absolute Gasteiger partial charge is 0.481 e. The summed E-state index contributed by atoms with van der Waals surface area (Å²) < 4.78 is 5.17. The normalized spacial score (nSPS) is 21.3. The van der Waals surface area contributed by atoms with Gasteiger partial charge in [0.15, 0.2) is 0 Å². The average molecular weight is 303 g/mol. The molecule has 0 spiro atoms. The first-order valence-corrected chi connectivity index (χ1v) is 6.55. The molecule has 120 valence electrons. The van der Waals surface area contributed by atoms with E-state index < -0.39 is 30.1 Å². The van der Waals surface area contributed by atoms with Crippen molar-refractivity contribution < 1.29 is 29.3 Å². The maximum Gasteiger partial charge on any atom is 0.318 e. The van der Waals surface area contributed by atoms with Gasteiger partial charge in [0, 0.05) is 20.1 Å². The highest BCUT2D eigenvalue weighted by Gasteiger charge is 2.33. The Morgan fingerprint density at radius 2 is 2.10 bits per heavy atom. The molecule has 0 aliphatic carbocycles. The first-order chi connectivity index (χ1) is 9.76. The number of likely N-dealkylation sites (N-methyl/N-ethyl adjacent to an activating group) is 1. The standard InChI is InChI=1S/C12H21N3O6/c1-12(20,5-9(16)17)7-14-11(19)15-3-4-21-6-8(15)10(18)13-2/h8,20H,3-7H2,1-2H3,(H,13,18)(H,14,19)(H,16,17). The van der Waals surface area contributed by atoms with Crippen molar-refractivity contribution in [2.75, 3.05) is 33.4 Å². The van der Waals surface area contributed by atoms with Gasteiger partial charge < -0.3 is 30.5 Å². The third kappa shape index (κ3) is 5.20. The van der Waals surface area contributed by atoms with Crippen LogP contribution < -0.4 is 10.6 Å². The molecule has 1 fully saturated rings. The fourth-order valence-electron chi connectivity index (χ4n) is 1.99. The number of urea groups is 1. The second kappa shape index (κ2) is 7.23. The molecule has 1 heterocycles. The predicted molar refractivity (Wildman–Crippen MR) is 71.7 cm³/mol. The van der Waals surface area contributed by atoms with Crippen molar-refractivity contribution in [3.05, 3.63) is 0 Å². The highest BCUT2D eigenvalue weighted by Crippen LogP contribution is 2.10. The number of aliphatic hydroxyl groups is 1. The van der Waals surface area contributed by atoms with Crippen LogP contribution in [0, 0.1) is 0 Å². The number of carbonyl (C=O) groups is 3. The van der Waals surface area contributed by atoms with Gasteiger partial charge in [-0.05, 0) is 6.92 Å². The van der Waals surface area contributed by atoms with Crippen molar-refractivity contribution in [1.82, 2.24) is 15.5 Å². The summed E-state index contributed by atoms with van der Waals surface area (Å²) in [4.78, 5) is 35.7. The van der Waals surface area contributed by atoms with Crippen molar-refractivity contribution in [3.63, 3.8) is 0 Å². The van der Waals surface area contributed by atoms with Crippen LogP contribution in [0.25, 0.3) is 0 Å². The predicted octanol–water partition coefficient (Wildman–Crippen LogP) is -1.63. The molecule has 9 heteroatoms. The Morgan fingerprint density at radius 3 is 2.67 bits per heavy atom. The van der Waals surface area contributed by atoms with E-state index in [1.54, 1.807) is 0 Å². The number of hydrogen-bond acceptors (Lipinski definition) is 5. The smallest absolute Gasteiger partial charge is 0.318 e. The lowest BCUT2D eigenvalue weighted by Gasteiger charge is -2.35. The molecular formula is C12H21N3O6. The second-order valence-corrected chi connectivity index (χ2v) is 5.12. The number of amides is 3. The number of carboxylic acids is 1. The van der Waals surface area contributed by atoms with Crippen LogP contribution in [0.4, 0.5) is 4.79 Å². The van der Waals surface area contributed by atoms with Crippen molar-refractivity contribution >= 4 is 17.9 Å². The lowest BCUT2D eigenvalue weighted by molar-refractivity contribution is -0.141. The van der Waals surface area contributed by atoms with E-state index in [4.69, 9.17) is 9.84 Å². The van der Waals surface area contributed by atoms with E-state index in [2.05, 4.69) is 10.6 Å². The molecule has 0 saturated carbocycles. The number of hydrogen-bond donors (Lipinski definition) is 4. The maximum atomic E-state index is 12.1. The molecule has 1 rings (SSSR count). The average Bonchev–Trinajstić information content (AvgIpc) is 2.42. The van der Waals surface area contributed by atoms with Gasteiger partial charge >= 0.3 is 12.0 Å². The summed E-state index contributed by atoms with van der Waals surface area (Å²) in [6.45, 7) is 1.74. The van der Waals surface area contributed by atoms with Gasteiger partial charge in [-0.2, -0.15) is 0 Å². The molecule has 4 N–H and O–H groups in total. The van der Waals surface area contributed by atoms with Gasteiger partial charge in [-0.3, -0.25) is 9.59 Å². The fourth-order valence-corrected chi connectivity index (χ4v) is 1.99. The number of ether oxygens (including phenoxy) is 1. The van der Waals surface area contributed by atoms with E-state index in [9.17, 15) is 19.5 Å². The molecule has 2 atom stereocenters. The zero-order valence-corrected chi connectivity index (χ0v) is 12.1. The summed E-state index contributed by atoms with van der Waals surface area (Å²) in [6, 6.07) is -1.29. The molecule has 1 aliphatic heterocycles. The van der Waals surface area contributed by atoms with Gasteiger partial charge in [0.1, 0.15) is 6.04 Å². The van der Waals surface area contributed by atoms with Crippen LogP contribution in [0.1, 0.15) is 13.3 Å². The van der Waals surface area contributed by atoms with Crippen LogP contribution in [0.15, 0.2) is 0 Å². The summed E-state index contributed by atoms with van der Waals surface area (Å²) in [7, 11) is 1.46. The van der Waals surface area contributed by atoms with Gasteiger partial charge in [-0.1, -0.05) is 0 Å². The van der Waals surface area contributed by atoms with Crippen LogP contribution >= 0.6 is 0 Å². The summed E-state index contributed by atoms with van der Waals surface area (Å²) in [5.41, 5.74) is -1.56. The zero-order valence-electron chi connectivity index (χ0n) is 12.1. The molecule has 0 bridgehead atoms. The Hall–Kier alpha value is -1.87. The molecule has 0 aromatic heterocycles. The topological polar surface area (TPSA) is 128 Å². The number of morpholine rings is 1. The maximum absolute atomic E-state index is 12.1. The minimum absolute atomic E-state index is 0.0958. The number of carboxylic acid groups (broad SMARTS) is 1. The Labute approximate surface area is 122 Å². The number of nitrogens with one attached hydrogen (secondary N) is 2. The molecule has 21 heavy (non-hydrogen) atoms. The Bertz CT molecular complexity index is 412. The molecular weight excluding hydrogens is 282 g/mol. The monoisotopic (exact) mass is 303 g/mol. The molecule has 0 radical (unpaired) electrons. The van der Waals surface area contributed by atoms with E-state index in [-0.39, 0.29) is 25.6 Å². The SMILES string of the molecule is CNC(=O)C1COCCN1C(=O)NCC(C)(O)CC(=O)O. The van der Waals surface area contributed by atoms with Gasteiger partial charge in [-0.25, -0.2) is 4.79 Å². The summed E-state index contributed by atoms with van der Waals surface area (Å²) in [5.74, 6) is -1.51. The van der Waals surface area contributed by atoms with E-state index in [1.165, 1.54) is 18.9 Å². The fraction of sp³-hybridized carbons (Fsp3) is 0.750. The minimum atomic E-state index is -1.56. The van der Waals surface area contributed by atoms with Crippen LogP contribution in [-0.2, 0) is 14.3 Å². The van der Waals surface area contributed by atoms with Crippen molar-refractivity contribution in [2.24, 2.45) is 0 Å². The lowest BCUT2D eigenvalue weighted by atomic mass is 10.0. The number of nitrogens with zero attached hydrogens (tertiary/aromatic N) is 1. The third-order valence-corrected chi connectivity index (χ3v) is 3.09. The number of carbonyl (C=O) groups excluding carboxylic acids is 2. The Morgan fingerprint density at radius 1 is 1.43 bits per heavy atom. The lowest BCUT2D eigenvalue weighted by Crippen LogP contribution is -2.59. The minimum Gasteiger partial charge on any atom is -0.481 e. The van der Waals surface area contributed by atoms with E-state index in [1.807, 2.05) is 0 Å².